The minimum Gasteiger partial charge on any atom is -0.416 e. The molecule has 3 heterocycles. The van der Waals surface area contributed by atoms with Gasteiger partial charge in [0.15, 0.2) is 19.7 Å². The average Bonchev–Trinajstić information content (AvgIpc) is 3.43. The molecule has 2 fully saturated rings. The summed E-state index contributed by atoms with van der Waals surface area (Å²) in [6.07, 6.45) is 1.42. The number of thioether (sulfide) groups is 1. The van der Waals surface area contributed by atoms with Crippen molar-refractivity contribution in [2.75, 3.05) is 28.8 Å². The van der Waals surface area contributed by atoms with Crippen LogP contribution in [-0.4, -0.2) is 72.6 Å². The molecule has 9 nitrogen and oxygen atoms in total. The summed E-state index contributed by atoms with van der Waals surface area (Å²) >= 11 is 1.11. The van der Waals surface area contributed by atoms with Gasteiger partial charge < -0.3 is 9.32 Å². The van der Waals surface area contributed by atoms with Gasteiger partial charge in [-0.2, -0.15) is 0 Å². The van der Waals surface area contributed by atoms with Gasteiger partial charge in [0.1, 0.15) is 0 Å². The molecule has 0 saturated carbocycles. The summed E-state index contributed by atoms with van der Waals surface area (Å²) in [5.41, 5.74) is 0.932. The van der Waals surface area contributed by atoms with Crippen molar-refractivity contribution in [3.63, 3.8) is 0 Å². The average molecular weight is 500 g/mol. The zero-order valence-corrected chi connectivity index (χ0v) is 19.9. The van der Waals surface area contributed by atoms with Gasteiger partial charge in [-0.3, -0.25) is 4.79 Å². The molecule has 2 aromatic rings. The summed E-state index contributed by atoms with van der Waals surface area (Å²) in [6, 6.07) is 9.12. The Labute approximate surface area is 191 Å². The quantitative estimate of drug-likeness (QED) is 0.494. The third-order valence-corrected chi connectivity index (χ3v) is 10.1. The Morgan fingerprint density at radius 2 is 1.75 bits per heavy atom. The molecule has 2 saturated heterocycles. The largest absolute Gasteiger partial charge is 0.416 e. The van der Waals surface area contributed by atoms with Crippen LogP contribution in [0.1, 0.15) is 24.3 Å². The van der Waals surface area contributed by atoms with Crippen LogP contribution in [0.5, 0.6) is 0 Å². The van der Waals surface area contributed by atoms with Crippen LogP contribution in [-0.2, 0) is 37.4 Å². The third-order valence-electron chi connectivity index (χ3n) is 5.72. The molecule has 4 rings (SSSR count). The summed E-state index contributed by atoms with van der Waals surface area (Å²) < 4.78 is 52.8. The number of benzene rings is 1. The van der Waals surface area contributed by atoms with E-state index in [1.165, 1.54) is 0 Å². The molecule has 0 bridgehead atoms. The second-order valence-electron chi connectivity index (χ2n) is 8.29. The molecule has 1 aromatic carbocycles. The van der Waals surface area contributed by atoms with Gasteiger partial charge in [0.25, 0.3) is 5.22 Å². The molecule has 2 aliphatic rings. The monoisotopic (exact) mass is 499 g/mol. The molecule has 2 atom stereocenters. The highest BCUT2D eigenvalue weighted by Crippen LogP contribution is 2.25. The van der Waals surface area contributed by atoms with Gasteiger partial charge in [-0.25, -0.2) is 16.8 Å². The Hall–Kier alpha value is -1.92. The Bertz CT molecular complexity index is 1160. The number of sulfone groups is 2. The van der Waals surface area contributed by atoms with Crippen molar-refractivity contribution < 1.29 is 26.0 Å². The maximum Gasteiger partial charge on any atom is 0.277 e. The molecule has 174 valence electrons. The van der Waals surface area contributed by atoms with Gasteiger partial charge in [-0.15, -0.1) is 10.2 Å². The van der Waals surface area contributed by atoms with E-state index in [2.05, 4.69) is 10.2 Å². The maximum absolute atomic E-state index is 13.0. The maximum atomic E-state index is 13.0. The predicted molar refractivity (Wildman–Crippen MR) is 120 cm³/mol. The minimum atomic E-state index is -3.13. The summed E-state index contributed by atoms with van der Waals surface area (Å²) in [6.45, 7) is 0.339. The van der Waals surface area contributed by atoms with Crippen molar-refractivity contribution >= 4 is 37.3 Å². The molecule has 32 heavy (non-hydrogen) atoms. The molecule has 0 radical (unpaired) electrons. The second-order valence-corrected chi connectivity index (χ2v) is 13.7. The van der Waals surface area contributed by atoms with Crippen LogP contribution in [0.15, 0.2) is 40.0 Å². The van der Waals surface area contributed by atoms with Crippen LogP contribution in [0.25, 0.3) is 0 Å². The van der Waals surface area contributed by atoms with E-state index in [1.807, 2.05) is 30.3 Å². The van der Waals surface area contributed by atoms with E-state index >= 15 is 0 Å². The van der Waals surface area contributed by atoms with E-state index in [0.717, 1.165) is 17.3 Å². The normalized spacial score (nSPS) is 23.9. The lowest BCUT2D eigenvalue weighted by atomic mass is 10.1. The number of amides is 1. The first-order chi connectivity index (χ1) is 15.2. The molecule has 1 aromatic heterocycles. The van der Waals surface area contributed by atoms with Crippen LogP contribution < -0.4 is 0 Å². The van der Waals surface area contributed by atoms with Gasteiger partial charge >= 0.3 is 0 Å². The molecule has 0 N–H and O–H groups in total. The topological polar surface area (TPSA) is 128 Å². The number of hydrogen-bond acceptors (Lipinski definition) is 9. The van der Waals surface area contributed by atoms with Crippen molar-refractivity contribution in [3.05, 3.63) is 41.8 Å². The summed E-state index contributed by atoms with van der Waals surface area (Å²) in [7, 11) is -6.10. The molecule has 0 aliphatic carbocycles. The van der Waals surface area contributed by atoms with Gasteiger partial charge in [0.05, 0.1) is 28.8 Å². The lowest BCUT2D eigenvalue weighted by Gasteiger charge is -2.28. The lowest BCUT2D eigenvalue weighted by molar-refractivity contribution is -0.130. The van der Waals surface area contributed by atoms with Gasteiger partial charge in [-0.05, 0) is 24.3 Å². The Balaban J connectivity index is 1.37. The summed E-state index contributed by atoms with van der Waals surface area (Å²) in [5.74, 6) is 0.588. The molecular formula is C20H25N3O6S3. The number of nitrogens with zero attached hydrogens (tertiary/aromatic N) is 3. The Morgan fingerprint density at radius 3 is 2.41 bits per heavy atom. The first-order valence-electron chi connectivity index (χ1n) is 10.4. The number of aromatic nitrogens is 2. The van der Waals surface area contributed by atoms with Crippen LogP contribution in [0.3, 0.4) is 0 Å². The highest BCUT2D eigenvalue weighted by atomic mass is 32.2. The molecule has 2 aliphatic heterocycles. The standard InChI is InChI=1S/C20H25N3O6S3/c24-19(12-30-20-22-21-18(29-20)10-16-6-8-31(25,26)13-16)23(11-15-4-2-1-3-5-15)17-7-9-32(27,28)14-17/h1-5,16-17H,6-14H2. The first-order valence-corrected chi connectivity index (χ1v) is 15.0. The van der Waals surface area contributed by atoms with Crippen LogP contribution in [0, 0.1) is 5.92 Å². The van der Waals surface area contributed by atoms with E-state index in [1.54, 1.807) is 4.90 Å². The molecule has 12 heteroatoms. The molecule has 2 unspecified atom stereocenters. The van der Waals surface area contributed by atoms with Crippen molar-refractivity contribution in [2.45, 2.75) is 37.1 Å². The fourth-order valence-corrected chi connectivity index (χ4v) is 8.35. The van der Waals surface area contributed by atoms with Gasteiger partial charge in [0, 0.05) is 19.0 Å². The number of hydrogen-bond donors (Lipinski definition) is 0. The SMILES string of the molecule is O=C(CSc1nnc(CC2CCS(=O)(=O)C2)o1)N(Cc1ccccc1)C1CCS(=O)(=O)C1. The fourth-order valence-electron chi connectivity index (χ4n) is 4.09. The third kappa shape index (κ3) is 6.10. The lowest BCUT2D eigenvalue weighted by Crippen LogP contribution is -2.41. The highest BCUT2D eigenvalue weighted by molar-refractivity contribution is 7.99. The zero-order valence-electron chi connectivity index (χ0n) is 17.4. The van der Waals surface area contributed by atoms with E-state index in [-0.39, 0.29) is 51.9 Å². The van der Waals surface area contributed by atoms with E-state index in [0.29, 0.717) is 31.7 Å². The van der Waals surface area contributed by atoms with Crippen molar-refractivity contribution in [2.24, 2.45) is 5.92 Å². The van der Waals surface area contributed by atoms with E-state index in [4.69, 9.17) is 4.42 Å². The van der Waals surface area contributed by atoms with Gasteiger partial charge in [-0.1, -0.05) is 42.1 Å². The van der Waals surface area contributed by atoms with Crippen molar-refractivity contribution in [1.29, 1.82) is 0 Å². The Morgan fingerprint density at radius 1 is 1.03 bits per heavy atom. The Kier molecular flexibility index (Phi) is 6.91. The smallest absolute Gasteiger partial charge is 0.277 e. The van der Waals surface area contributed by atoms with E-state index in [9.17, 15) is 21.6 Å². The van der Waals surface area contributed by atoms with Crippen LogP contribution >= 0.6 is 11.8 Å². The van der Waals surface area contributed by atoms with Gasteiger partial charge in [0.2, 0.25) is 11.8 Å². The first kappa shape index (κ1) is 23.2. The summed E-state index contributed by atoms with van der Waals surface area (Å²) in [5, 5.41) is 8.18. The number of carbonyl (C=O) groups excluding carboxylic acids is 1. The zero-order chi connectivity index (χ0) is 22.8. The highest BCUT2D eigenvalue weighted by Gasteiger charge is 2.35. The van der Waals surface area contributed by atoms with E-state index < -0.39 is 19.7 Å². The number of rotatable bonds is 8. The molecule has 0 spiro atoms. The summed E-state index contributed by atoms with van der Waals surface area (Å²) in [4.78, 5) is 14.7. The van der Waals surface area contributed by atoms with Crippen LogP contribution in [0.4, 0.5) is 0 Å². The van der Waals surface area contributed by atoms with Crippen molar-refractivity contribution in [3.8, 4) is 0 Å². The number of carbonyl (C=O) groups is 1. The second kappa shape index (κ2) is 9.52. The minimum absolute atomic E-state index is 0.0226. The predicted octanol–water partition coefficient (Wildman–Crippen LogP) is 1.35. The van der Waals surface area contributed by atoms with Crippen molar-refractivity contribution in [1.82, 2.24) is 15.1 Å². The fraction of sp³-hybridized carbons (Fsp3) is 0.550. The van der Waals surface area contributed by atoms with Crippen LogP contribution in [0.2, 0.25) is 0 Å². The molecular weight excluding hydrogens is 474 g/mol. The molecule has 1 amide bonds.